The van der Waals surface area contributed by atoms with Crippen LogP contribution in [0.15, 0.2) is 24.4 Å². The van der Waals surface area contributed by atoms with Crippen LogP contribution >= 0.6 is 0 Å². The zero-order chi connectivity index (χ0) is 10.9. The van der Waals surface area contributed by atoms with Gasteiger partial charge in [-0.15, -0.1) is 0 Å². The summed E-state index contributed by atoms with van der Waals surface area (Å²) in [7, 11) is 0. The molecule has 0 spiro atoms. The highest BCUT2D eigenvalue weighted by atomic mass is 16.5. The lowest BCUT2D eigenvalue weighted by molar-refractivity contribution is -0.0979. The second-order valence-electron chi connectivity index (χ2n) is 3.10. The summed E-state index contributed by atoms with van der Waals surface area (Å²) in [6.07, 6.45) is 3.96. The van der Waals surface area contributed by atoms with Crippen LogP contribution in [-0.2, 0) is 9.53 Å². The van der Waals surface area contributed by atoms with Crippen LogP contribution < -0.4 is 4.74 Å². The van der Waals surface area contributed by atoms with Gasteiger partial charge in [0, 0.05) is 25.1 Å². The summed E-state index contributed by atoms with van der Waals surface area (Å²) in [6, 6.07) is 5.70. The first-order valence-corrected chi connectivity index (χ1v) is 4.89. The Morgan fingerprint density at radius 3 is 2.67 bits per heavy atom. The lowest BCUT2D eigenvalue weighted by Gasteiger charge is -2.22. The molecule has 0 N–H and O–H groups in total. The van der Waals surface area contributed by atoms with Gasteiger partial charge in [0.2, 0.25) is 5.88 Å². The molecule has 0 amide bonds. The zero-order valence-electron chi connectivity index (χ0n) is 8.59. The average molecular weight is 209 g/mol. The van der Waals surface area contributed by atoms with Crippen molar-refractivity contribution in [1.29, 1.82) is 0 Å². The van der Waals surface area contributed by atoms with E-state index < -0.39 is 0 Å². The second kappa shape index (κ2) is 6.95. The lowest BCUT2D eigenvalue weighted by Crippen LogP contribution is -2.26. The monoisotopic (exact) mass is 209 g/mol. The quantitative estimate of drug-likeness (QED) is 0.739. The normalized spacial score (nSPS) is 16.3. The van der Waals surface area contributed by atoms with E-state index in [1.807, 2.05) is 25.0 Å². The number of carbonyl (C=O) groups excluding carboxylic acids is 1. The van der Waals surface area contributed by atoms with Gasteiger partial charge in [-0.2, -0.15) is 0 Å². The molecule has 0 aromatic carbocycles. The third-order valence-electron chi connectivity index (χ3n) is 2.09. The third kappa shape index (κ3) is 4.08. The van der Waals surface area contributed by atoms with Crippen molar-refractivity contribution in [2.24, 2.45) is 0 Å². The van der Waals surface area contributed by atoms with Crippen LogP contribution in [0, 0.1) is 0 Å². The molecular weight excluding hydrogens is 194 g/mol. The van der Waals surface area contributed by atoms with Gasteiger partial charge in [0.1, 0.15) is 12.9 Å². The Balaban J connectivity index is 0.000000531. The van der Waals surface area contributed by atoms with E-state index in [0.717, 1.165) is 31.9 Å². The maximum atomic E-state index is 8.00. The molecule has 0 saturated carbocycles. The molecule has 1 aliphatic rings. The fourth-order valence-electron chi connectivity index (χ4n) is 1.38. The summed E-state index contributed by atoms with van der Waals surface area (Å²) in [5.74, 6) is 0.717. The Labute approximate surface area is 89.2 Å². The van der Waals surface area contributed by atoms with Gasteiger partial charge in [0.15, 0.2) is 0 Å². The van der Waals surface area contributed by atoms with Crippen LogP contribution in [0.2, 0.25) is 0 Å². The summed E-state index contributed by atoms with van der Waals surface area (Å²) >= 11 is 0. The minimum absolute atomic E-state index is 0.281. The molecular formula is C11H15NO3. The predicted molar refractivity (Wildman–Crippen MR) is 55.8 cm³/mol. The van der Waals surface area contributed by atoms with Gasteiger partial charge in [0.25, 0.3) is 0 Å². The number of aromatic nitrogens is 1. The Morgan fingerprint density at radius 2 is 2.07 bits per heavy atom. The van der Waals surface area contributed by atoms with Crippen molar-refractivity contribution in [3.8, 4) is 5.88 Å². The van der Waals surface area contributed by atoms with Gasteiger partial charge in [-0.1, -0.05) is 6.07 Å². The van der Waals surface area contributed by atoms with Crippen LogP contribution in [0.4, 0.5) is 0 Å². The van der Waals surface area contributed by atoms with Crippen LogP contribution in [-0.4, -0.2) is 31.1 Å². The van der Waals surface area contributed by atoms with Gasteiger partial charge >= 0.3 is 0 Å². The molecule has 15 heavy (non-hydrogen) atoms. The number of hydrogen-bond donors (Lipinski definition) is 0. The van der Waals surface area contributed by atoms with Crippen LogP contribution in [0.1, 0.15) is 12.8 Å². The van der Waals surface area contributed by atoms with Gasteiger partial charge in [-0.05, 0) is 6.07 Å². The first-order valence-electron chi connectivity index (χ1n) is 4.89. The number of pyridine rings is 1. The topological polar surface area (TPSA) is 48.4 Å². The lowest BCUT2D eigenvalue weighted by atomic mass is 10.2. The van der Waals surface area contributed by atoms with Crippen molar-refractivity contribution < 1.29 is 14.3 Å². The SMILES string of the molecule is C=O.c1ccc(OC2CCOCC2)nc1. The van der Waals surface area contributed by atoms with E-state index in [-0.39, 0.29) is 6.10 Å². The molecule has 0 bridgehead atoms. The molecule has 1 aromatic heterocycles. The molecule has 2 rings (SSSR count). The Bertz CT molecular complexity index is 260. The highest BCUT2D eigenvalue weighted by molar-refractivity contribution is 5.11. The van der Waals surface area contributed by atoms with E-state index in [2.05, 4.69) is 4.98 Å². The number of hydrogen-bond acceptors (Lipinski definition) is 4. The first kappa shape index (κ1) is 11.7. The molecule has 0 aliphatic carbocycles. The Kier molecular flexibility index (Phi) is 5.40. The molecule has 1 aromatic rings. The molecule has 2 heterocycles. The largest absolute Gasteiger partial charge is 0.474 e. The minimum Gasteiger partial charge on any atom is -0.474 e. The van der Waals surface area contributed by atoms with Crippen LogP contribution in [0.25, 0.3) is 0 Å². The summed E-state index contributed by atoms with van der Waals surface area (Å²) < 4.78 is 10.9. The van der Waals surface area contributed by atoms with E-state index >= 15 is 0 Å². The van der Waals surface area contributed by atoms with Gasteiger partial charge in [-0.3, -0.25) is 0 Å². The maximum absolute atomic E-state index is 8.00. The number of ether oxygens (including phenoxy) is 2. The maximum Gasteiger partial charge on any atom is 0.213 e. The molecule has 1 aliphatic heterocycles. The van der Waals surface area contributed by atoms with Crippen LogP contribution in [0.3, 0.4) is 0 Å². The van der Waals surface area contributed by atoms with E-state index in [1.165, 1.54) is 0 Å². The standard InChI is InChI=1S/C10H13NO2.CH2O/c1-2-6-11-10(3-1)13-9-4-7-12-8-5-9;1-2/h1-3,6,9H,4-5,7-8H2;1H2. The molecule has 1 saturated heterocycles. The van der Waals surface area contributed by atoms with Crippen molar-refractivity contribution in [2.45, 2.75) is 18.9 Å². The molecule has 0 radical (unpaired) electrons. The van der Waals surface area contributed by atoms with Gasteiger partial charge in [0.05, 0.1) is 13.2 Å². The van der Waals surface area contributed by atoms with Crippen molar-refractivity contribution >= 4 is 6.79 Å². The number of carbonyl (C=O) groups is 1. The molecule has 82 valence electrons. The van der Waals surface area contributed by atoms with E-state index in [1.54, 1.807) is 6.20 Å². The van der Waals surface area contributed by atoms with E-state index in [0.29, 0.717) is 0 Å². The summed E-state index contributed by atoms with van der Waals surface area (Å²) in [5, 5.41) is 0. The van der Waals surface area contributed by atoms with Gasteiger partial charge in [-0.25, -0.2) is 4.98 Å². The van der Waals surface area contributed by atoms with Crippen LogP contribution in [0.5, 0.6) is 5.88 Å². The third-order valence-corrected chi connectivity index (χ3v) is 2.09. The summed E-state index contributed by atoms with van der Waals surface area (Å²) in [6.45, 7) is 3.61. The van der Waals surface area contributed by atoms with Crippen molar-refractivity contribution in [3.05, 3.63) is 24.4 Å². The molecule has 4 heteroatoms. The second-order valence-corrected chi connectivity index (χ2v) is 3.10. The Hall–Kier alpha value is -1.42. The fourth-order valence-corrected chi connectivity index (χ4v) is 1.38. The van der Waals surface area contributed by atoms with E-state index in [4.69, 9.17) is 14.3 Å². The highest BCUT2D eigenvalue weighted by Crippen LogP contribution is 2.14. The predicted octanol–water partition coefficient (Wildman–Crippen LogP) is 1.45. The molecule has 0 atom stereocenters. The zero-order valence-corrected chi connectivity index (χ0v) is 8.59. The molecule has 0 unspecified atom stereocenters. The first-order chi connectivity index (χ1) is 7.45. The average Bonchev–Trinajstić information content (AvgIpc) is 2.34. The smallest absolute Gasteiger partial charge is 0.213 e. The summed E-state index contributed by atoms with van der Waals surface area (Å²) in [5.41, 5.74) is 0. The number of rotatable bonds is 2. The Morgan fingerprint density at radius 1 is 1.33 bits per heavy atom. The van der Waals surface area contributed by atoms with E-state index in [9.17, 15) is 0 Å². The molecule has 4 nitrogen and oxygen atoms in total. The summed E-state index contributed by atoms with van der Waals surface area (Å²) in [4.78, 5) is 12.1. The van der Waals surface area contributed by atoms with Crippen molar-refractivity contribution in [3.63, 3.8) is 0 Å². The highest BCUT2D eigenvalue weighted by Gasteiger charge is 2.15. The van der Waals surface area contributed by atoms with Crippen molar-refractivity contribution in [2.75, 3.05) is 13.2 Å². The van der Waals surface area contributed by atoms with Gasteiger partial charge < -0.3 is 14.3 Å². The fraction of sp³-hybridized carbons (Fsp3) is 0.455. The number of nitrogens with zero attached hydrogens (tertiary/aromatic N) is 1. The van der Waals surface area contributed by atoms with Crippen molar-refractivity contribution in [1.82, 2.24) is 4.98 Å². The minimum atomic E-state index is 0.281. The molecule has 1 fully saturated rings.